The molecule has 2 aromatic rings. The summed E-state index contributed by atoms with van der Waals surface area (Å²) >= 11 is 0. The Labute approximate surface area is 129 Å². The minimum absolute atomic E-state index is 0.00903. The first-order valence-electron chi connectivity index (χ1n) is 7.06. The molecule has 2 N–H and O–H groups in total. The zero-order chi connectivity index (χ0) is 16.3. The molecular formula is C17H19NO4. The highest BCUT2D eigenvalue weighted by Crippen LogP contribution is 2.16. The van der Waals surface area contributed by atoms with E-state index in [0.717, 1.165) is 6.42 Å². The molecule has 0 saturated heterocycles. The highest BCUT2D eigenvalue weighted by molar-refractivity contribution is 5.93. The molecule has 1 aromatic carbocycles. The normalized spacial score (nSPS) is 10.5. The van der Waals surface area contributed by atoms with E-state index >= 15 is 0 Å². The number of amides is 1. The number of hydrogen-bond acceptors (Lipinski definition) is 3. The minimum Gasteiger partial charge on any atom is -0.475 e. The molecule has 5 nitrogen and oxygen atoms in total. The molecule has 0 aliphatic rings. The number of nitrogens with one attached hydrogen (secondary N) is 1. The van der Waals surface area contributed by atoms with Gasteiger partial charge in [0.2, 0.25) is 5.76 Å². The average Bonchev–Trinajstić information content (AvgIpc) is 2.91. The molecule has 1 heterocycles. The van der Waals surface area contributed by atoms with Crippen molar-refractivity contribution in [1.29, 1.82) is 0 Å². The Balaban J connectivity index is 1.96. The van der Waals surface area contributed by atoms with Crippen molar-refractivity contribution in [3.63, 3.8) is 0 Å². The van der Waals surface area contributed by atoms with Crippen molar-refractivity contribution in [3.05, 3.63) is 58.0 Å². The average molecular weight is 301 g/mol. The molecule has 0 atom stereocenters. The molecule has 5 heteroatoms. The largest absolute Gasteiger partial charge is 0.475 e. The molecule has 2 rings (SSSR count). The van der Waals surface area contributed by atoms with Gasteiger partial charge in [-0.3, -0.25) is 4.79 Å². The van der Waals surface area contributed by atoms with Crippen molar-refractivity contribution >= 4 is 11.9 Å². The Morgan fingerprint density at radius 2 is 1.68 bits per heavy atom. The lowest BCUT2D eigenvalue weighted by atomic mass is 9.97. The van der Waals surface area contributed by atoms with E-state index in [-0.39, 0.29) is 11.5 Å². The van der Waals surface area contributed by atoms with Gasteiger partial charge in [0.15, 0.2) is 5.76 Å². The topological polar surface area (TPSA) is 79.5 Å². The lowest BCUT2D eigenvalue weighted by molar-refractivity contribution is 0.0659. The molecule has 0 unspecified atom stereocenters. The molecule has 22 heavy (non-hydrogen) atoms. The fourth-order valence-corrected chi connectivity index (χ4v) is 2.57. The van der Waals surface area contributed by atoms with Gasteiger partial charge in [-0.25, -0.2) is 4.79 Å². The molecule has 0 spiro atoms. The monoisotopic (exact) mass is 301 g/mol. The zero-order valence-corrected chi connectivity index (χ0v) is 12.9. The number of benzene rings is 1. The molecule has 116 valence electrons. The summed E-state index contributed by atoms with van der Waals surface area (Å²) < 4.78 is 4.96. The second kappa shape index (κ2) is 6.47. The van der Waals surface area contributed by atoms with E-state index in [0.29, 0.717) is 6.54 Å². The molecule has 1 amide bonds. The van der Waals surface area contributed by atoms with E-state index in [1.165, 1.54) is 34.4 Å². The Kier molecular flexibility index (Phi) is 4.65. The number of rotatable bonds is 5. The Hall–Kier alpha value is -2.56. The van der Waals surface area contributed by atoms with Gasteiger partial charge in [0, 0.05) is 6.54 Å². The van der Waals surface area contributed by atoms with Crippen molar-refractivity contribution in [3.8, 4) is 0 Å². The number of carboxylic acid groups (broad SMARTS) is 1. The first-order chi connectivity index (χ1) is 10.4. The van der Waals surface area contributed by atoms with Crippen LogP contribution in [0.1, 0.15) is 43.4 Å². The Morgan fingerprint density at radius 3 is 2.23 bits per heavy atom. The summed E-state index contributed by atoms with van der Waals surface area (Å²) in [4.78, 5) is 22.6. The van der Waals surface area contributed by atoms with Crippen molar-refractivity contribution < 1.29 is 19.1 Å². The molecule has 0 bridgehead atoms. The fourth-order valence-electron chi connectivity index (χ4n) is 2.57. The predicted molar refractivity (Wildman–Crippen MR) is 82.4 cm³/mol. The molecule has 0 saturated carbocycles. The number of aromatic carboxylic acids is 1. The Bertz CT molecular complexity index is 692. The fraction of sp³-hybridized carbons (Fsp3) is 0.294. The number of aryl methyl sites for hydroxylation is 3. The van der Waals surface area contributed by atoms with Crippen LogP contribution in [0.2, 0.25) is 0 Å². The number of furan rings is 1. The maximum absolute atomic E-state index is 11.9. The van der Waals surface area contributed by atoms with Crippen LogP contribution >= 0.6 is 0 Å². The maximum Gasteiger partial charge on any atom is 0.371 e. The zero-order valence-electron chi connectivity index (χ0n) is 12.9. The minimum atomic E-state index is -1.19. The molecular weight excluding hydrogens is 282 g/mol. The second-order valence-corrected chi connectivity index (χ2v) is 5.35. The van der Waals surface area contributed by atoms with Crippen molar-refractivity contribution in [1.82, 2.24) is 5.32 Å². The number of carbonyl (C=O) groups is 2. The molecule has 1 aromatic heterocycles. The van der Waals surface area contributed by atoms with E-state index < -0.39 is 11.9 Å². The van der Waals surface area contributed by atoms with Crippen LogP contribution in [0.25, 0.3) is 0 Å². The van der Waals surface area contributed by atoms with Crippen LogP contribution in [0.3, 0.4) is 0 Å². The smallest absolute Gasteiger partial charge is 0.371 e. The van der Waals surface area contributed by atoms with E-state index in [1.807, 2.05) is 0 Å². The summed E-state index contributed by atoms with van der Waals surface area (Å²) in [5, 5.41) is 11.5. The van der Waals surface area contributed by atoms with Gasteiger partial charge in [0.05, 0.1) is 0 Å². The second-order valence-electron chi connectivity index (χ2n) is 5.35. The highest BCUT2D eigenvalue weighted by Gasteiger charge is 2.14. The van der Waals surface area contributed by atoms with Crippen LogP contribution in [0, 0.1) is 20.8 Å². The van der Waals surface area contributed by atoms with Crippen LogP contribution in [0.5, 0.6) is 0 Å². The third kappa shape index (κ3) is 3.55. The maximum atomic E-state index is 11.9. The van der Waals surface area contributed by atoms with E-state index in [1.54, 1.807) is 0 Å². The van der Waals surface area contributed by atoms with E-state index in [2.05, 4.69) is 38.2 Å². The van der Waals surface area contributed by atoms with Gasteiger partial charge in [-0.05, 0) is 56.0 Å². The van der Waals surface area contributed by atoms with Gasteiger partial charge in [-0.1, -0.05) is 17.7 Å². The summed E-state index contributed by atoms with van der Waals surface area (Å²) in [5.41, 5.74) is 4.85. The third-order valence-electron chi connectivity index (χ3n) is 3.54. The van der Waals surface area contributed by atoms with Crippen LogP contribution in [-0.2, 0) is 6.42 Å². The van der Waals surface area contributed by atoms with E-state index in [9.17, 15) is 9.59 Å². The van der Waals surface area contributed by atoms with Gasteiger partial charge in [-0.2, -0.15) is 0 Å². The van der Waals surface area contributed by atoms with Crippen LogP contribution < -0.4 is 5.32 Å². The van der Waals surface area contributed by atoms with Gasteiger partial charge in [-0.15, -0.1) is 0 Å². The van der Waals surface area contributed by atoms with Gasteiger partial charge in [0.25, 0.3) is 5.91 Å². The van der Waals surface area contributed by atoms with Gasteiger partial charge >= 0.3 is 5.97 Å². The van der Waals surface area contributed by atoms with Crippen LogP contribution in [0.4, 0.5) is 0 Å². The first-order valence-corrected chi connectivity index (χ1v) is 7.06. The Morgan fingerprint density at radius 1 is 1.09 bits per heavy atom. The summed E-state index contributed by atoms with van der Waals surface area (Å²) in [6.07, 6.45) is 0.718. The lowest BCUT2D eigenvalue weighted by Gasteiger charge is -2.11. The summed E-state index contributed by atoms with van der Waals surface area (Å²) in [7, 11) is 0. The highest BCUT2D eigenvalue weighted by atomic mass is 16.4. The van der Waals surface area contributed by atoms with Crippen LogP contribution in [0.15, 0.2) is 28.7 Å². The quantitative estimate of drug-likeness (QED) is 0.890. The van der Waals surface area contributed by atoms with E-state index in [4.69, 9.17) is 9.52 Å². The number of carbonyl (C=O) groups excluding carboxylic acids is 1. The summed E-state index contributed by atoms with van der Waals surface area (Å²) in [5.74, 6) is -1.83. The first kappa shape index (κ1) is 15.8. The molecule has 0 aliphatic heterocycles. The number of carboxylic acids is 1. The summed E-state index contributed by atoms with van der Waals surface area (Å²) in [6, 6.07) is 6.87. The lowest BCUT2D eigenvalue weighted by Crippen LogP contribution is -2.25. The van der Waals surface area contributed by atoms with Gasteiger partial charge < -0.3 is 14.8 Å². The van der Waals surface area contributed by atoms with Crippen molar-refractivity contribution in [2.45, 2.75) is 27.2 Å². The third-order valence-corrected chi connectivity index (χ3v) is 3.54. The standard InChI is InChI=1S/C17H19NO4/c1-10-8-11(2)13(12(3)9-10)6-7-18-16(19)14-4-5-15(22-14)17(20)21/h4-5,8-9H,6-7H2,1-3H3,(H,18,19)(H,20,21). The predicted octanol–water partition coefficient (Wildman–Crippen LogP) is 2.88. The number of hydrogen-bond donors (Lipinski definition) is 2. The molecule has 0 fully saturated rings. The summed E-state index contributed by atoms with van der Waals surface area (Å²) in [6.45, 7) is 6.64. The van der Waals surface area contributed by atoms with Crippen molar-refractivity contribution in [2.24, 2.45) is 0 Å². The van der Waals surface area contributed by atoms with Crippen LogP contribution in [-0.4, -0.2) is 23.5 Å². The van der Waals surface area contributed by atoms with Gasteiger partial charge in [0.1, 0.15) is 0 Å². The molecule has 0 aliphatic carbocycles. The SMILES string of the molecule is Cc1cc(C)c(CCNC(=O)c2ccc(C(=O)O)o2)c(C)c1. The van der Waals surface area contributed by atoms with Crippen molar-refractivity contribution in [2.75, 3.05) is 6.54 Å². The molecule has 0 radical (unpaired) electrons.